The molecule has 0 saturated carbocycles. The van der Waals surface area contributed by atoms with Crippen LogP contribution in [0.15, 0.2) is 29.2 Å². The van der Waals surface area contributed by atoms with Crippen molar-refractivity contribution in [3.63, 3.8) is 0 Å². The third-order valence-electron chi connectivity index (χ3n) is 1.45. The first-order chi connectivity index (χ1) is 5.86. The number of halogens is 1. The maximum absolute atomic E-state index is 5.39. The van der Waals surface area contributed by atoms with E-state index in [-0.39, 0.29) is 12.4 Å². The van der Waals surface area contributed by atoms with Crippen LogP contribution >= 0.6 is 24.2 Å². The van der Waals surface area contributed by atoms with Gasteiger partial charge in [-0.2, -0.15) is 0 Å². The molecule has 0 amide bonds. The van der Waals surface area contributed by atoms with Gasteiger partial charge in [-0.05, 0) is 24.3 Å². The lowest BCUT2D eigenvalue weighted by molar-refractivity contribution is 0.414. The fraction of sp³-hybridized carbons (Fsp3) is 0.333. The van der Waals surface area contributed by atoms with Gasteiger partial charge in [0.15, 0.2) is 0 Å². The lowest BCUT2D eigenvalue weighted by Gasteiger charge is -2.01. The Morgan fingerprint density at radius 2 is 1.92 bits per heavy atom. The number of rotatable bonds is 4. The van der Waals surface area contributed by atoms with Gasteiger partial charge in [0.05, 0.1) is 7.11 Å². The van der Waals surface area contributed by atoms with Gasteiger partial charge in [0.25, 0.3) is 0 Å². The first-order valence-corrected chi connectivity index (χ1v) is 4.82. The molecule has 0 atom stereocenters. The highest BCUT2D eigenvalue weighted by atomic mass is 35.5. The molecule has 0 unspecified atom stereocenters. The molecule has 13 heavy (non-hydrogen) atoms. The highest BCUT2D eigenvalue weighted by Crippen LogP contribution is 2.20. The third kappa shape index (κ3) is 4.41. The monoisotopic (exact) mass is 219 g/mol. The number of thioether (sulfide) groups is 1. The summed E-state index contributed by atoms with van der Waals surface area (Å²) in [7, 11) is 1.67. The van der Waals surface area contributed by atoms with E-state index in [9.17, 15) is 0 Å². The Labute approximate surface area is 89.3 Å². The van der Waals surface area contributed by atoms with E-state index in [4.69, 9.17) is 10.5 Å². The molecule has 2 N–H and O–H groups in total. The molecule has 1 rings (SSSR count). The van der Waals surface area contributed by atoms with Crippen molar-refractivity contribution in [3.8, 4) is 5.75 Å². The van der Waals surface area contributed by atoms with Crippen LogP contribution in [-0.4, -0.2) is 19.4 Å². The zero-order valence-corrected chi connectivity index (χ0v) is 9.16. The first-order valence-electron chi connectivity index (χ1n) is 3.83. The Bertz CT molecular complexity index is 228. The molecule has 0 bridgehead atoms. The lowest BCUT2D eigenvalue weighted by atomic mass is 10.3. The topological polar surface area (TPSA) is 35.2 Å². The number of nitrogens with two attached hydrogens (primary N) is 1. The summed E-state index contributed by atoms with van der Waals surface area (Å²) in [5.41, 5.74) is 5.39. The van der Waals surface area contributed by atoms with Crippen molar-refractivity contribution >= 4 is 24.2 Å². The molecule has 0 aromatic heterocycles. The van der Waals surface area contributed by atoms with Gasteiger partial charge >= 0.3 is 0 Å². The van der Waals surface area contributed by atoms with Crippen LogP contribution in [0.3, 0.4) is 0 Å². The Morgan fingerprint density at radius 3 is 2.38 bits per heavy atom. The molecule has 0 radical (unpaired) electrons. The largest absolute Gasteiger partial charge is 0.497 e. The van der Waals surface area contributed by atoms with Crippen molar-refractivity contribution in [2.45, 2.75) is 4.90 Å². The van der Waals surface area contributed by atoms with E-state index >= 15 is 0 Å². The summed E-state index contributed by atoms with van der Waals surface area (Å²) in [5, 5.41) is 0. The molecule has 74 valence electrons. The van der Waals surface area contributed by atoms with Gasteiger partial charge in [0.1, 0.15) is 5.75 Å². The molecule has 0 saturated heterocycles. The van der Waals surface area contributed by atoms with Crippen molar-refractivity contribution in [2.75, 3.05) is 19.4 Å². The number of hydrogen-bond acceptors (Lipinski definition) is 3. The number of methoxy groups -OCH3 is 1. The average Bonchev–Trinajstić information content (AvgIpc) is 2.15. The van der Waals surface area contributed by atoms with Crippen molar-refractivity contribution in [3.05, 3.63) is 24.3 Å². The van der Waals surface area contributed by atoms with Crippen molar-refractivity contribution < 1.29 is 4.74 Å². The van der Waals surface area contributed by atoms with Crippen molar-refractivity contribution in [1.82, 2.24) is 0 Å². The SMILES string of the molecule is COc1ccc(SCCN)cc1.Cl. The van der Waals surface area contributed by atoms with Crippen molar-refractivity contribution in [1.29, 1.82) is 0 Å². The molecule has 0 spiro atoms. The maximum Gasteiger partial charge on any atom is 0.118 e. The standard InChI is InChI=1S/C9H13NOS.ClH/c1-11-8-2-4-9(5-3-8)12-7-6-10;/h2-5H,6-7,10H2,1H3;1H. The highest BCUT2D eigenvalue weighted by Gasteiger charge is 1.93. The van der Waals surface area contributed by atoms with Gasteiger partial charge in [-0.15, -0.1) is 24.2 Å². The lowest BCUT2D eigenvalue weighted by Crippen LogP contribution is -2.00. The Morgan fingerprint density at radius 1 is 1.31 bits per heavy atom. The van der Waals surface area contributed by atoms with Crippen LogP contribution in [0, 0.1) is 0 Å². The molecule has 0 heterocycles. The maximum atomic E-state index is 5.39. The zero-order valence-electron chi connectivity index (χ0n) is 7.53. The van der Waals surface area contributed by atoms with E-state index in [0.717, 1.165) is 18.0 Å². The quantitative estimate of drug-likeness (QED) is 0.789. The number of benzene rings is 1. The van der Waals surface area contributed by atoms with E-state index in [1.54, 1.807) is 18.9 Å². The summed E-state index contributed by atoms with van der Waals surface area (Å²) in [6, 6.07) is 8.00. The fourth-order valence-electron chi connectivity index (χ4n) is 0.849. The molecular formula is C9H14ClNOS. The third-order valence-corrected chi connectivity index (χ3v) is 2.49. The molecule has 4 heteroatoms. The van der Waals surface area contributed by atoms with Gasteiger partial charge in [0.2, 0.25) is 0 Å². The summed E-state index contributed by atoms with van der Waals surface area (Å²) in [6.07, 6.45) is 0. The molecule has 1 aromatic carbocycles. The minimum absolute atomic E-state index is 0. The van der Waals surface area contributed by atoms with E-state index in [1.165, 1.54) is 4.90 Å². The Hall–Kier alpha value is -0.380. The predicted octanol–water partition coefficient (Wildman–Crippen LogP) is 2.17. The van der Waals surface area contributed by atoms with Crippen LogP contribution in [0.5, 0.6) is 5.75 Å². The van der Waals surface area contributed by atoms with Crippen molar-refractivity contribution in [2.24, 2.45) is 5.73 Å². The molecular weight excluding hydrogens is 206 g/mol. The zero-order chi connectivity index (χ0) is 8.81. The second-order valence-corrected chi connectivity index (χ2v) is 3.48. The molecule has 0 aliphatic rings. The second kappa shape index (κ2) is 7.06. The normalized spacial score (nSPS) is 9.08. The summed E-state index contributed by atoms with van der Waals surface area (Å²) in [6.45, 7) is 0.719. The van der Waals surface area contributed by atoms with Crippen LogP contribution in [0.4, 0.5) is 0 Å². The van der Waals surface area contributed by atoms with E-state index in [1.807, 2.05) is 24.3 Å². The summed E-state index contributed by atoms with van der Waals surface area (Å²) >= 11 is 1.76. The van der Waals surface area contributed by atoms with Gasteiger partial charge in [-0.3, -0.25) is 0 Å². The highest BCUT2D eigenvalue weighted by molar-refractivity contribution is 7.99. The Kier molecular flexibility index (Phi) is 6.86. The number of hydrogen-bond donors (Lipinski definition) is 1. The van der Waals surface area contributed by atoms with Gasteiger partial charge in [-0.25, -0.2) is 0 Å². The minimum atomic E-state index is 0. The summed E-state index contributed by atoms with van der Waals surface area (Å²) in [5.74, 6) is 1.86. The Balaban J connectivity index is 0.00000144. The fourth-order valence-corrected chi connectivity index (χ4v) is 1.53. The van der Waals surface area contributed by atoms with Crippen LogP contribution in [0.1, 0.15) is 0 Å². The van der Waals surface area contributed by atoms with E-state index < -0.39 is 0 Å². The second-order valence-electron chi connectivity index (χ2n) is 2.31. The summed E-state index contributed by atoms with van der Waals surface area (Å²) in [4.78, 5) is 1.24. The van der Waals surface area contributed by atoms with Gasteiger partial charge in [-0.1, -0.05) is 0 Å². The van der Waals surface area contributed by atoms with Crippen LogP contribution in [0.25, 0.3) is 0 Å². The molecule has 2 nitrogen and oxygen atoms in total. The minimum Gasteiger partial charge on any atom is -0.497 e. The first kappa shape index (κ1) is 12.6. The molecule has 0 fully saturated rings. The molecule has 0 aliphatic heterocycles. The van der Waals surface area contributed by atoms with Crippen LogP contribution in [0.2, 0.25) is 0 Å². The predicted molar refractivity (Wildman–Crippen MR) is 60.0 cm³/mol. The molecule has 1 aromatic rings. The molecule has 0 aliphatic carbocycles. The van der Waals surface area contributed by atoms with Crippen LogP contribution in [-0.2, 0) is 0 Å². The average molecular weight is 220 g/mol. The van der Waals surface area contributed by atoms with Crippen LogP contribution < -0.4 is 10.5 Å². The van der Waals surface area contributed by atoms with Gasteiger partial charge < -0.3 is 10.5 Å². The van der Waals surface area contributed by atoms with Gasteiger partial charge in [0, 0.05) is 17.2 Å². The summed E-state index contributed by atoms with van der Waals surface area (Å²) < 4.78 is 5.04. The smallest absolute Gasteiger partial charge is 0.118 e. The van der Waals surface area contributed by atoms with E-state index in [2.05, 4.69) is 0 Å². The number of ether oxygens (including phenoxy) is 1. The van der Waals surface area contributed by atoms with E-state index in [0.29, 0.717) is 0 Å².